The maximum absolute atomic E-state index is 12.6. The third-order valence-electron chi connectivity index (χ3n) is 3.87. The smallest absolute Gasteiger partial charge is 0.293 e. The zero-order valence-corrected chi connectivity index (χ0v) is 13.7. The highest BCUT2D eigenvalue weighted by Crippen LogP contribution is 2.12. The predicted octanol–water partition coefficient (Wildman–Crippen LogP) is 0.445. The van der Waals surface area contributed by atoms with E-state index in [1.54, 1.807) is 19.1 Å². The third-order valence-corrected chi connectivity index (χ3v) is 3.87. The van der Waals surface area contributed by atoms with E-state index in [-0.39, 0.29) is 22.5 Å². The maximum Gasteiger partial charge on any atom is 0.293 e. The minimum absolute atomic E-state index is 0.0228. The number of carbonyl (C=O) groups is 2. The summed E-state index contributed by atoms with van der Waals surface area (Å²) in [6.45, 7) is 3.54. The summed E-state index contributed by atoms with van der Waals surface area (Å²) in [5, 5.41) is 3.14. The monoisotopic (exact) mass is 340 g/mol. The van der Waals surface area contributed by atoms with E-state index in [9.17, 15) is 14.4 Å². The summed E-state index contributed by atoms with van der Waals surface area (Å²) in [4.78, 5) is 45.4. The minimum Gasteiger partial charge on any atom is -0.296 e. The first-order chi connectivity index (χ1) is 12.0. The number of nitrogens with two attached hydrogens (primary N) is 1. The van der Waals surface area contributed by atoms with Crippen LogP contribution in [0.3, 0.4) is 0 Å². The molecule has 25 heavy (non-hydrogen) atoms. The molecular formula is C16H16N6O3. The molecule has 9 heteroatoms. The number of nitrogens with zero attached hydrogens (tertiary/aromatic N) is 4. The van der Waals surface area contributed by atoms with Gasteiger partial charge in [0.15, 0.2) is 5.65 Å². The Morgan fingerprint density at radius 1 is 1.32 bits per heavy atom. The lowest BCUT2D eigenvalue weighted by Gasteiger charge is -2.13. The summed E-state index contributed by atoms with van der Waals surface area (Å²) in [5.41, 5.74) is 0.966. The zero-order valence-electron chi connectivity index (χ0n) is 13.7. The number of hydrogen-bond acceptors (Lipinski definition) is 6. The first kappa shape index (κ1) is 16.5. The van der Waals surface area contributed by atoms with Crippen LogP contribution >= 0.6 is 0 Å². The Labute approximate surface area is 142 Å². The average Bonchev–Trinajstić information content (AvgIpc) is 3.04. The van der Waals surface area contributed by atoms with Gasteiger partial charge >= 0.3 is 0 Å². The Bertz CT molecular complexity index is 1020. The summed E-state index contributed by atoms with van der Waals surface area (Å²) in [7, 11) is 0. The minimum atomic E-state index is -0.787. The largest absolute Gasteiger partial charge is 0.296 e. The van der Waals surface area contributed by atoms with E-state index in [2.05, 4.69) is 15.1 Å². The number of fused-ring (bicyclic) bond motifs is 1. The topological polar surface area (TPSA) is 126 Å². The van der Waals surface area contributed by atoms with Crippen LogP contribution < -0.4 is 11.4 Å². The fourth-order valence-corrected chi connectivity index (χ4v) is 2.56. The fourth-order valence-electron chi connectivity index (χ4n) is 2.56. The molecule has 3 heterocycles. The van der Waals surface area contributed by atoms with Crippen molar-refractivity contribution in [2.75, 3.05) is 0 Å². The molecule has 0 aromatic carbocycles. The second kappa shape index (κ2) is 6.29. The molecule has 0 bridgehead atoms. The van der Waals surface area contributed by atoms with Crippen LogP contribution in [0.25, 0.3) is 5.65 Å². The molecule has 0 unspecified atom stereocenters. The molecule has 3 rings (SSSR count). The Kier molecular flexibility index (Phi) is 4.15. The first-order valence-electron chi connectivity index (χ1n) is 7.59. The maximum atomic E-state index is 12.6. The fraction of sp³-hybridized carbons (Fsp3) is 0.188. The molecule has 0 atom stereocenters. The number of amides is 2. The van der Waals surface area contributed by atoms with Crippen LogP contribution in [0.1, 0.15) is 39.0 Å². The number of imide groups is 1. The summed E-state index contributed by atoms with van der Waals surface area (Å²) >= 11 is 0. The van der Waals surface area contributed by atoms with Gasteiger partial charge in [-0.15, -0.1) is 0 Å². The Morgan fingerprint density at radius 3 is 2.72 bits per heavy atom. The van der Waals surface area contributed by atoms with Gasteiger partial charge in [-0.05, 0) is 25.5 Å². The van der Waals surface area contributed by atoms with Crippen LogP contribution in [0.4, 0.5) is 0 Å². The summed E-state index contributed by atoms with van der Waals surface area (Å²) < 4.78 is 1.16. The third kappa shape index (κ3) is 2.70. The van der Waals surface area contributed by atoms with Crippen LogP contribution in [0, 0.1) is 6.92 Å². The van der Waals surface area contributed by atoms with Crippen LogP contribution in [0.5, 0.6) is 0 Å². The van der Waals surface area contributed by atoms with E-state index in [4.69, 9.17) is 5.84 Å². The van der Waals surface area contributed by atoms with Crippen molar-refractivity contribution in [2.24, 2.45) is 5.84 Å². The molecule has 0 fully saturated rings. The van der Waals surface area contributed by atoms with E-state index in [0.717, 1.165) is 4.52 Å². The predicted molar refractivity (Wildman–Crippen MR) is 88.9 cm³/mol. The molecule has 3 aromatic heterocycles. The standard InChI is InChI=1S/C16H16N6O3/c1-3-10-9(2)20-13-11(8-19-22(13)15(10)24)14(23)21(17)16(25)12-6-4-5-7-18-12/h4-8,19H,3,17H2,1-2H3. The highest BCUT2D eigenvalue weighted by molar-refractivity contribution is 6.11. The van der Waals surface area contributed by atoms with Crippen molar-refractivity contribution in [3.63, 3.8) is 0 Å². The van der Waals surface area contributed by atoms with Gasteiger partial charge in [0.2, 0.25) is 0 Å². The van der Waals surface area contributed by atoms with E-state index >= 15 is 0 Å². The van der Waals surface area contributed by atoms with E-state index in [1.807, 2.05) is 6.92 Å². The van der Waals surface area contributed by atoms with Gasteiger partial charge in [0.25, 0.3) is 17.4 Å². The van der Waals surface area contributed by atoms with Crippen LogP contribution in [0.15, 0.2) is 35.4 Å². The van der Waals surface area contributed by atoms with Gasteiger partial charge in [-0.1, -0.05) is 13.0 Å². The number of aromatic nitrogens is 4. The molecule has 0 aliphatic carbocycles. The molecule has 0 saturated heterocycles. The summed E-state index contributed by atoms with van der Waals surface area (Å²) in [6, 6.07) is 4.70. The van der Waals surface area contributed by atoms with Crippen molar-refractivity contribution < 1.29 is 9.59 Å². The molecule has 128 valence electrons. The van der Waals surface area contributed by atoms with Crippen molar-refractivity contribution in [3.05, 3.63) is 63.5 Å². The number of aromatic amines is 1. The number of nitrogens with one attached hydrogen (secondary N) is 1. The normalized spacial score (nSPS) is 10.8. The molecule has 9 nitrogen and oxygen atoms in total. The Balaban J connectivity index is 2.03. The second-order valence-electron chi connectivity index (χ2n) is 5.38. The number of aryl methyl sites for hydroxylation is 1. The van der Waals surface area contributed by atoms with Gasteiger partial charge in [-0.3, -0.25) is 24.5 Å². The lowest BCUT2D eigenvalue weighted by molar-refractivity contribution is 0.0613. The van der Waals surface area contributed by atoms with Gasteiger partial charge in [-0.25, -0.2) is 20.4 Å². The van der Waals surface area contributed by atoms with Crippen molar-refractivity contribution in [3.8, 4) is 0 Å². The summed E-state index contributed by atoms with van der Waals surface area (Å²) in [5.74, 6) is 4.13. The number of carbonyl (C=O) groups excluding carboxylic acids is 2. The Morgan fingerprint density at radius 2 is 2.08 bits per heavy atom. The molecule has 0 saturated carbocycles. The van der Waals surface area contributed by atoms with Crippen molar-refractivity contribution in [1.82, 2.24) is 24.6 Å². The van der Waals surface area contributed by atoms with Crippen molar-refractivity contribution in [1.29, 1.82) is 0 Å². The van der Waals surface area contributed by atoms with Crippen LogP contribution in [-0.2, 0) is 6.42 Å². The zero-order chi connectivity index (χ0) is 18.1. The van der Waals surface area contributed by atoms with Gasteiger partial charge in [0.1, 0.15) is 11.3 Å². The molecule has 0 spiro atoms. The van der Waals surface area contributed by atoms with E-state index in [1.165, 1.54) is 18.5 Å². The van der Waals surface area contributed by atoms with Crippen molar-refractivity contribution in [2.45, 2.75) is 20.3 Å². The van der Waals surface area contributed by atoms with Gasteiger partial charge in [0.05, 0.1) is 0 Å². The number of hydrazine groups is 1. The average molecular weight is 340 g/mol. The lowest BCUT2D eigenvalue weighted by atomic mass is 10.2. The second-order valence-corrected chi connectivity index (χ2v) is 5.38. The SMILES string of the molecule is CCc1c(C)nc2c(C(=O)N(N)C(=O)c3ccccn3)c[nH]n2c1=O. The first-order valence-corrected chi connectivity index (χ1v) is 7.59. The van der Waals surface area contributed by atoms with Gasteiger partial charge in [-0.2, -0.15) is 0 Å². The molecule has 3 N–H and O–H groups in total. The molecule has 2 amide bonds. The number of hydrogen-bond donors (Lipinski definition) is 2. The molecule has 0 aliphatic heterocycles. The highest BCUT2D eigenvalue weighted by atomic mass is 16.2. The molecule has 0 radical (unpaired) electrons. The highest BCUT2D eigenvalue weighted by Gasteiger charge is 2.26. The van der Waals surface area contributed by atoms with Crippen LogP contribution in [-0.4, -0.2) is 36.4 Å². The van der Waals surface area contributed by atoms with E-state index in [0.29, 0.717) is 22.7 Å². The van der Waals surface area contributed by atoms with Gasteiger partial charge < -0.3 is 0 Å². The quantitative estimate of drug-likeness (QED) is 0.308. The molecule has 0 aliphatic rings. The van der Waals surface area contributed by atoms with Gasteiger partial charge in [0, 0.05) is 23.7 Å². The summed E-state index contributed by atoms with van der Waals surface area (Å²) in [6.07, 6.45) is 3.24. The number of H-pyrrole nitrogens is 1. The van der Waals surface area contributed by atoms with E-state index < -0.39 is 11.8 Å². The Hall–Kier alpha value is -3.33. The number of rotatable bonds is 3. The number of pyridine rings is 1. The van der Waals surface area contributed by atoms with Crippen molar-refractivity contribution >= 4 is 17.5 Å². The molecule has 3 aromatic rings. The lowest BCUT2D eigenvalue weighted by Crippen LogP contribution is -2.43. The molecular weight excluding hydrogens is 324 g/mol. The van der Waals surface area contributed by atoms with Crippen LogP contribution in [0.2, 0.25) is 0 Å².